The molecule has 0 bridgehead atoms. The van der Waals surface area contributed by atoms with Crippen molar-refractivity contribution in [3.05, 3.63) is 89.0 Å². The average Bonchev–Trinajstić information content (AvgIpc) is 3.05. The van der Waals surface area contributed by atoms with Crippen molar-refractivity contribution >= 4 is 5.91 Å². The molecule has 0 aliphatic rings. The van der Waals surface area contributed by atoms with Crippen LogP contribution in [0.25, 0.3) is 0 Å². The molecule has 128 valence electrons. The molecule has 1 amide bonds. The van der Waals surface area contributed by atoms with E-state index in [4.69, 9.17) is 0 Å². The third-order valence-electron chi connectivity index (χ3n) is 4.40. The maximum Gasteiger partial charge on any atom is 0.251 e. The zero-order valence-corrected chi connectivity index (χ0v) is 14.7. The third kappa shape index (κ3) is 4.35. The van der Waals surface area contributed by atoms with Crippen molar-refractivity contribution in [1.82, 2.24) is 14.9 Å². The van der Waals surface area contributed by atoms with Crippen LogP contribution in [0.4, 0.5) is 0 Å². The summed E-state index contributed by atoms with van der Waals surface area (Å²) in [6.07, 6.45) is 4.49. The van der Waals surface area contributed by atoms with E-state index < -0.39 is 0 Å². The Morgan fingerprint density at radius 2 is 1.88 bits per heavy atom. The molecule has 0 atom stereocenters. The van der Waals surface area contributed by atoms with E-state index in [9.17, 15) is 4.79 Å². The number of benzene rings is 2. The summed E-state index contributed by atoms with van der Waals surface area (Å²) in [5.41, 5.74) is 4.27. The van der Waals surface area contributed by atoms with Crippen molar-refractivity contribution in [1.29, 1.82) is 0 Å². The van der Waals surface area contributed by atoms with Gasteiger partial charge in [-0.25, -0.2) is 4.98 Å². The van der Waals surface area contributed by atoms with Crippen molar-refractivity contribution in [3.63, 3.8) is 0 Å². The van der Waals surface area contributed by atoms with Crippen LogP contribution in [0.2, 0.25) is 0 Å². The highest BCUT2D eigenvalue weighted by Gasteiger charge is 2.08. The topological polar surface area (TPSA) is 46.9 Å². The summed E-state index contributed by atoms with van der Waals surface area (Å²) in [5, 5.41) is 2.98. The Hall–Kier alpha value is -2.88. The second kappa shape index (κ2) is 7.79. The number of rotatable bonds is 6. The number of nitrogens with zero attached hydrogens (tertiary/aromatic N) is 2. The highest BCUT2D eigenvalue weighted by atomic mass is 16.1. The largest absolute Gasteiger partial charge is 0.352 e. The van der Waals surface area contributed by atoms with Gasteiger partial charge >= 0.3 is 0 Å². The number of amides is 1. The third-order valence-corrected chi connectivity index (χ3v) is 4.40. The van der Waals surface area contributed by atoms with Crippen LogP contribution in [0, 0.1) is 13.8 Å². The zero-order chi connectivity index (χ0) is 17.6. The van der Waals surface area contributed by atoms with Crippen molar-refractivity contribution in [2.75, 3.05) is 6.54 Å². The number of hydrogen-bond acceptors (Lipinski definition) is 2. The molecule has 4 heteroatoms. The van der Waals surface area contributed by atoms with Gasteiger partial charge in [0.1, 0.15) is 5.82 Å². The summed E-state index contributed by atoms with van der Waals surface area (Å²) in [4.78, 5) is 16.7. The minimum atomic E-state index is -0.0377. The standard InChI is InChI=1S/C21H23N3O/c1-16-8-9-19(14-17(16)2)21(25)23-11-10-20-22-12-13-24(20)15-18-6-4-3-5-7-18/h3-9,12-14H,10-11,15H2,1-2H3,(H,23,25). The van der Waals surface area contributed by atoms with Gasteiger partial charge < -0.3 is 9.88 Å². The van der Waals surface area contributed by atoms with E-state index in [1.165, 1.54) is 11.1 Å². The van der Waals surface area contributed by atoms with Gasteiger partial charge in [0.05, 0.1) is 0 Å². The van der Waals surface area contributed by atoms with Gasteiger partial charge in [-0.05, 0) is 42.7 Å². The number of carbonyl (C=O) groups is 1. The van der Waals surface area contributed by atoms with Crippen LogP contribution >= 0.6 is 0 Å². The second-order valence-electron chi connectivity index (χ2n) is 6.26. The first-order valence-electron chi connectivity index (χ1n) is 8.53. The number of aryl methyl sites for hydroxylation is 2. The van der Waals surface area contributed by atoms with Crippen LogP contribution in [-0.2, 0) is 13.0 Å². The van der Waals surface area contributed by atoms with Crippen molar-refractivity contribution in [3.8, 4) is 0 Å². The monoisotopic (exact) mass is 333 g/mol. The summed E-state index contributed by atoms with van der Waals surface area (Å²) in [7, 11) is 0. The number of carbonyl (C=O) groups excluding carboxylic acids is 1. The lowest BCUT2D eigenvalue weighted by molar-refractivity contribution is 0.0954. The summed E-state index contributed by atoms with van der Waals surface area (Å²) < 4.78 is 2.12. The molecule has 2 aromatic carbocycles. The van der Waals surface area contributed by atoms with E-state index in [-0.39, 0.29) is 5.91 Å². The van der Waals surface area contributed by atoms with Crippen LogP contribution in [0.15, 0.2) is 60.9 Å². The van der Waals surface area contributed by atoms with Gasteiger partial charge in [0.15, 0.2) is 0 Å². The molecule has 0 spiro atoms. The minimum absolute atomic E-state index is 0.0377. The molecule has 0 radical (unpaired) electrons. The van der Waals surface area contributed by atoms with Crippen molar-refractivity contribution in [2.45, 2.75) is 26.8 Å². The lowest BCUT2D eigenvalue weighted by Crippen LogP contribution is -2.26. The molecule has 3 rings (SSSR count). The maximum atomic E-state index is 12.3. The van der Waals surface area contributed by atoms with E-state index in [2.05, 4.69) is 27.0 Å². The van der Waals surface area contributed by atoms with Crippen LogP contribution in [0.5, 0.6) is 0 Å². The zero-order valence-electron chi connectivity index (χ0n) is 14.7. The molecule has 1 aromatic heterocycles. The fourth-order valence-electron chi connectivity index (χ4n) is 2.76. The first-order valence-corrected chi connectivity index (χ1v) is 8.53. The van der Waals surface area contributed by atoms with Crippen LogP contribution in [-0.4, -0.2) is 22.0 Å². The molecule has 0 saturated heterocycles. The Kier molecular flexibility index (Phi) is 5.29. The molecule has 0 saturated carbocycles. The van der Waals surface area contributed by atoms with Crippen LogP contribution < -0.4 is 5.32 Å². The van der Waals surface area contributed by atoms with Crippen molar-refractivity contribution in [2.24, 2.45) is 0 Å². The lowest BCUT2D eigenvalue weighted by atomic mass is 10.1. The van der Waals surface area contributed by atoms with Gasteiger partial charge in [0.25, 0.3) is 5.91 Å². The quantitative estimate of drug-likeness (QED) is 0.750. The molecule has 0 unspecified atom stereocenters. The summed E-state index contributed by atoms with van der Waals surface area (Å²) in [6.45, 7) is 5.43. The van der Waals surface area contributed by atoms with Gasteiger partial charge in [0.2, 0.25) is 0 Å². The lowest BCUT2D eigenvalue weighted by Gasteiger charge is -2.10. The fraction of sp³-hybridized carbons (Fsp3) is 0.238. The summed E-state index contributed by atoms with van der Waals surface area (Å²) in [6, 6.07) is 16.1. The Balaban J connectivity index is 1.56. The molecule has 1 N–H and O–H groups in total. The highest BCUT2D eigenvalue weighted by Crippen LogP contribution is 2.10. The van der Waals surface area contributed by atoms with E-state index in [0.717, 1.165) is 17.9 Å². The molecule has 25 heavy (non-hydrogen) atoms. The predicted octanol–water partition coefficient (Wildman–Crippen LogP) is 3.52. The number of imidazole rings is 1. The minimum Gasteiger partial charge on any atom is -0.352 e. The van der Waals surface area contributed by atoms with E-state index in [0.29, 0.717) is 18.5 Å². The molecule has 4 nitrogen and oxygen atoms in total. The Bertz CT molecular complexity index is 853. The van der Waals surface area contributed by atoms with Gasteiger partial charge in [-0.3, -0.25) is 4.79 Å². The van der Waals surface area contributed by atoms with Gasteiger partial charge in [0, 0.05) is 37.5 Å². The Morgan fingerprint density at radius 1 is 1.08 bits per heavy atom. The molecular formula is C21H23N3O. The SMILES string of the molecule is Cc1ccc(C(=O)NCCc2nccn2Cc2ccccc2)cc1C. The molecule has 0 aliphatic carbocycles. The number of hydrogen-bond donors (Lipinski definition) is 1. The van der Waals surface area contributed by atoms with Gasteiger partial charge in [-0.15, -0.1) is 0 Å². The van der Waals surface area contributed by atoms with E-state index in [1.54, 1.807) is 0 Å². The Labute approximate surface area is 148 Å². The fourth-order valence-corrected chi connectivity index (χ4v) is 2.76. The normalized spacial score (nSPS) is 10.6. The van der Waals surface area contributed by atoms with E-state index in [1.807, 2.05) is 62.6 Å². The van der Waals surface area contributed by atoms with Crippen molar-refractivity contribution < 1.29 is 4.79 Å². The van der Waals surface area contributed by atoms with Gasteiger partial charge in [-0.2, -0.15) is 0 Å². The number of nitrogens with one attached hydrogen (secondary N) is 1. The first-order chi connectivity index (χ1) is 12.1. The highest BCUT2D eigenvalue weighted by molar-refractivity contribution is 5.94. The maximum absolute atomic E-state index is 12.3. The molecular weight excluding hydrogens is 310 g/mol. The summed E-state index contributed by atoms with van der Waals surface area (Å²) in [5.74, 6) is 0.938. The Morgan fingerprint density at radius 3 is 2.64 bits per heavy atom. The molecule has 0 fully saturated rings. The van der Waals surface area contributed by atoms with Crippen LogP contribution in [0.3, 0.4) is 0 Å². The van der Waals surface area contributed by atoms with E-state index >= 15 is 0 Å². The molecule has 0 aliphatic heterocycles. The second-order valence-corrected chi connectivity index (χ2v) is 6.26. The van der Waals surface area contributed by atoms with Gasteiger partial charge in [-0.1, -0.05) is 36.4 Å². The number of aromatic nitrogens is 2. The van der Waals surface area contributed by atoms with Crippen LogP contribution in [0.1, 0.15) is 32.9 Å². The molecule has 1 heterocycles. The molecule has 3 aromatic rings. The smallest absolute Gasteiger partial charge is 0.251 e. The first kappa shape index (κ1) is 17.0. The average molecular weight is 333 g/mol. The predicted molar refractivity (Wildman–Crippen MR) is 99.7 cm³/mol. The summed E-state index contributed by atoms with van der Waals surface area (Å²) >= 11 is 0.